The summed E-state index contributed by atoms with van der Waals surface area (Å²) in [6.07, 6.45) is 5.49. The van der Waals surface area contributed by atoms with Gasteiger partial charge in [0.05, 0.1) is 11.3 Å². The molecule has 5 heteroatoms. The van der Waals surface area contributed by atoms with Crippen LogP contribution >= 0.6 is 0 Å². The number of H-pyrrole nitrogens is 1. The third-order valence-corrected chi connectivity index (χ3v) is 3.60. The fourth-order valence-electron chi connectivity index (χ4n) is 2.46. The van der Waals surface area contributed by atoms with Crippen molar-refractivity contribution in [2.75, 3.05) is 26.2 Å². The summed E-state index contributed by atoms with van der Waals surface area (Å²) in [5.41, 5.74) is 2.39. The van der Waals surface area contributed by atoms with Crippen LogP contribution in [0.1, 0.15) is 47.9 Å². The summed E-state index contributed by atoms with van der Waals surface area (Å²) in [5.74, 6) is 0.223. The molecule has 2 rings (SSSR count). The largest absolute Gasteiger partial charge is 0.351 e. The molecule has 0 unspecified atom stereocenters. The molecule has 1 amide bonds. The predicted octanol–water partition coefficient (Wildman–Crippen LogP) is 1.83. The third kappa shape index (κ3) is 3.48. The highest BCUT2D eigenvalue weighted by molar-refractivity contribution is 5.96. The Morgan fingerprint density at radius 1 is 1.50 bits per heavy atom. The highest BCUT2D eigenvalue weighted by Gasteiger charge is 2.19. The van der Waals surface area contributed by atoms with Crippen LogP contribution in [0.2, 0.25) is 0 Å². The molecule has 0 aliphatic carbocycles. The fraction of sp³-hybridized carbons (Fsp3) is 0.600. The van der Waals surface area contributed by atoms with Crippen molar-refractivity contribution in [2.45, 2.75) is 33.1 Å². The van der Waals surface area contributed by atoms with Gasteiger partial charge in [0.25, 0.3) is 5.91 Å². The summed E-state index contributed by atoms with van der Waals surface area (Å²) >= 11 is 0. The van der Waals surface area contributed by atoms with Gasteiger partial charge in [-0.25, -0.2) is 0 Å². The highest BCUT2D eigenvalue weighted by atomic mass is 16.1. The molecule has 110 valence electrons. The molecule has 0 spiro atoms. The second kappa shape index (κ2) is 6.70. The first-order valence-electron chi connectivity index (χ1n) is 7.30. The Balaban J connectivity index is 1.88. The lowest BCUT2D eigenvalue weighted by atomic mass is 10.0. The van der Waals surface area contributed by atoms with E-state index >= 15 is 0 Å². The van der Waals surface area contributed by atoms with Crippen LogP contribution < -0.4 is 5.32 Å². The minimum Gasteiger partial charge on any atom is -0.351 e. The van der Waals surface area contributed by atoms with E-state index < -0.39 is 0 Å². The molecule has 1 aromatic heterocycles. The van der Waals surface area contributed by atoms with E-state index in [0.717, 1.165) is 37.4 Å². The lowest BCUT2D eigenvalue weighted by Gasteiger charge is -2.22. The molecule has 20 heavy (non-hydrogen) atoms. The van der Waals surface area contributed by atoms with E-state index in [-0.39, 0.29) is 11.8 Å². The van der Waals surface area contributed by atoms with Gasteiger partial charge < -0.3 is 5.32 Å². The predicted molar refractivity (Wildman–Crippen MR) is 79.9 cm³/mol. The Morgan fingerprint density at radius 2 is 2.30 bits per heavy atom. The number of aryl methyl sites for hydroxylation is 1. The number of rotatable bonds is 5. The monoisotopic (exact) mass is 276 g/mol. The number of carbonyl (C=O) groups excluding carboxylic acids is 1. The second-order valence-electron chi connectivity index (χ2n) is 5.58. The molecular weight excluding hydrogens is 252 g/mol. The molecule has 1 aromatic rings. The van der Waals surface area contributed by atoms with Crippen molar-refractivity contribution >= 4 is 5.91 Å². The highest BCUT2D eigenvalue weighted by Crippen LogP contribution is 2.19. The summed E-state index contributed by atoms with van der Waals surface area (Å²) < 4.78 is 0. The normalized spacial score (nSPS) is 15.8. The van der Waals surface area contributed by atoms with Crippen LogP contribution in [0.3, 0.4) is 0 Å². The van der Waals surface area contributed by atoms with Crippen molar-refractivity contribution in [1.29, 1.82) is 0 Å². The lowest BCUT2D eigenvalue weighted by Crippen LogP contribution is -2.36. The summed E-state index contributed by atoms with van der Waals surface area (Å²) in [5, 5.41) is 10.1. The molecule has 2 heterocycles. The van der Waals surface area contributed by atoms with Gasteiger partial charge in [0.2, 0.25) is 0 Å². The molecule has 0 aromatic carbocycles. The van der Waals surface area contributed by atoms with Gasteiger partial charge in [0.15, 0.2) is 0 Å². The van der Waals surface area contributed by atoms with Crippen LogP contribution in [0.25, 0.3) is 0 Å². The molecule has 0 radical (unpaired) electrons. The first-order chi connectivity index (χ1) is 9.59. The van der Waals surface area contributed by atoms with Gasteiger partial charge in [-0.1, -0.05) is 26.0 Å². The van der Waals surface area contributed by atoms with Crippen molar-refractivity contribution in [3.05, 3.63) is 29.1 Å². The van der Waals surface area contributed by atoms with E-state index in [1.807, 2.05) is 20.8 Å². The Kier molecular flexibility index (Phi) is 4.95. The number of amides is 1. The number of aromatic amines is 1. The van der Waals surface area contributed by atoms with Crippen molar-refractivity contribution in [2.24, 2.45) is 0 Å². The van der Waals surface area contributed by atoms with Crippen LogP contribution in [0, 0.1) is 6.92 Å². The average molecular weight is 276 g/mol. The zero-order valence-corrected chi connectivity index (χ0v) is 12.6. The van der Waals surface area contributed by atoms with E-state index in [2.05, 4.69) is 32.6 Å². The van der Waals surface area contributed by atoms with E-state index in [4.69, 9.17) is 0 Å². The van der Waals surface area contributed by atoms with Gasteiger partial charge in [0, 0.05) is 31.9 Å². The van der Waals surface area contributed by atoms with E-state index in [1.54, 1.807) is 0 Å². The Labute approximate surface area is 120 Å². The number of nitrogens with zero attached hydrogens (tertiary/aromatic N) is 2. The lowest BCUT2D eigenvalue weighted by molar-refractivity contribution is 0.0947. The topological polar surface area (TPSA) is 61.0 Å². The number of nitrogens with one attached hydrogen (secondary N) is 2. The van der Waals surface area contributed by atoms with Crippen LogP contribution in [-0.2, 0) is 0 Å². The average Bonchev–Trinajstić information content (AvgIpc) is 2.82. The van der Waals surface area contributed by atoms with Gasteiger partial charge in [0.1, 0.15) is 0 Å². The molecule has 1 aliphatic heterocycles. The van der Waals surface area contributed by atoms with Crippen LogP contribution in [0.15, 0.2) is 12.2 Å². The van der Waals surface area contributed by atoms with Gasteiger partial charge in [-0.05, 0) is 19.3 Å². The molecule has 5 nitrogen and oxygen atoms in total. The maximum absolute atomic E-state index is 12.3. The van der Waals surface area contributed by atoms with Gasteiger partial charge in [-0.15, -0.1) is 0 Å². The summed E-state index contributed by atoms with van der Waals surface area (Å²) in [6.45, 7) is 9.62. The quantitative estimate of drug-likeness (QED) is 0.807. The third-order valence-electron chi connectivity index (χ3n) is 3.60. The first kappa shape index (κ1) is 14.8. The van der Waals surface area contributed by atoms with E-state index in [9.17, 15) is 4.79 Å². The van der Waals surface area contributed by atoms with Gasteiger partial charge in [-0.2, -0.15) is 5.10 Å². The minimum absolute atomic E-state index is 0.0208. The first-order valence-corrected chi connectivity index (χ1v) is 7.30. The second-order valence-corrected chi connectivity index (χ2v) is 5.58. The minimum atomic E-state index is -0.0208. The summed E-state index contributed by atoms with van der Waals surface area (Å²) in [6, 6.07) is 0. The fourth-order valence-corrected chi connectivity index (χ4v) is 2.46. The maximum atomic E-state index is 12.3. The van der Waals surface area contributed by atoms with Crippen molar-refractivity contribution in [3.63, 3.8) is 0 Å². The van der Waals surface area contributed by atoms with Gasteiger partial charge in [-0.3, -0.25) is 14.8 Å². The zero-order chi connectivity index (χ0) is 14.5. The number of hydrogen-bond acceptors (Lipinski definition) is 3. The molecule has 0 atom stereocenters. The maximum Gasteiger partial charge on any atom is 0.255 e. The van der Waals surface area contributed by atoms with Crippen LogP contribution in [0.5, 0.6) is 0 Å². The van der Waals surface area contributed by atoms with Crippen molar-refractivity contribution in [3.8, 4) is 0 Å². The molecule has 2 N–H and O–H groups in total. The van der Waals surface area contributed by atoms with Crippen LogP contribution in [0.4, 0.5) is 0 Å². The van der Waals surface area contributed by atoms with Crippen molar-refractivity contribution in [1.82, 2.24) is 20.4 Å². The van der Waals surface area contributed by atoms with E-state index in [0.29, 0.717) is 12.1 Å². The SMILES string of the molecule is Cc1[nH]nc(C(C)C)c1C(=O)NCCN1CC=CCC1. The van der Waals surface area contributed by atoms with E-state index in [1.165, 1.54) is 0 Å². The molecular formula is C15H24N4O. The summed E-state index contributed by atoms with van der Waals surface area (Å²) in [7, 11) is 0. The molecule has 0 fully saturated rings. The standard InChI is InChI=1S/C15H24N4O/c1-11(2)14-13(12(3)17-18-14)15(20)16-7-10-19-8-5-4-6-9-19/h4-5,11H,6-10H2,1-3H3,(H,16,20)(H,17,18). The zero-order valence-electron chi connectivity index (χ0n) is 12.6. The Hall–Kier alpha value is -1.62. The Morgan fingerprint density at radius 3 is 2.95 bits per heavy atom. The summed E-state index contributed by atoms with van der Waals surface area (Å²) in [4.78, 5) is 14.6. The van der Waals surface area contributed by atoms with Crippen LogP contribution in [-0.4, -0.2) is 47.2 Å². The van der Waals surface area contributed by atoms with Crippen molar-refractivity contribution < 1.29 is 4.79 Å². The van der Waals surface area contributed by atoms with Gasteiger partial charge >= 0.3 is 0 Å². The smallest absolute Gasteiger partial charge is 0.255 e. The Bertz CT molecular complexity index is 490. The molecule has 1 aliphatic rings. The number of carbonyl (C=O) groups is 1. The number of aromatic nitrogens is 2. The molecule has 0 saturated carbocycles. The molecule has 0 saturated heterocycles. The number of hydrogen-bond donors (Lipinski definition) is 2. The molecule has 0 bridgehead atoms.